The molecule has 2 amide bonds. The molecule has 0 aliphatic rings. The lowest BCUT2D eigenvalue weighted by Crippen LogP contribution is -2.51. The molecule has 0 unspecified atom stereocenters. The molecule has 0 heterocycles. The number of benzene rings is 2. The molecule has 0 bridgehead atoms. The first-order valence-corrected chi connectivity index (χ1v) is 12.8. The van der Waals surface area contributed by atoms with Gasteiger partial charge in [-0.15, -0.1) is 0 Å². The molecule has 180 valence electrons. The quantitative estimate of drug-likeness (QED) is 0.517. The first kappa shape index (κ1) is 26.5. The number of sulfonamides is 1. The molecular formula is C23H30ClN3O5S. The number of halogens is 1. The molecule has 2 aromatic rings. The average molecular weight is 496 g/mol. The van der Waals surface area contributed by atoms with Gasteiger partial charge in [0.2, 0.25) is 21.8 Å². The van der Waals surface area contributed by atoms with Crippen molar-refractivity contribution in [3.05, 3.63) is 59.1 Å². The number of hydrogen-bond donors (Lipinski definition) is 1. The first-order valence-electron chi connectivity index (χ1n) is 10.6. The fourth-order valence-electron chi connectivity index (χ4n) is 3.43. The van der Waals surface area contributed by atoms with Crippen molar-refractivity contribution < 1.29 is 22.7 Å². The van der Waals surface area contributed by atoms with Crippen molar-refractivity contribution in [1.82, 2.24) is 10.2 Å². The molecule has 2 rings (SSSR count). The van der Waals surface area contributed by atoms with Gasteiger partial charge in [0.25, 0.3) is 0 Å². The Bertz CT molecular complexity index is 1080. The van der Waals surface area contributed by atoms with Crippen LogP contribution in [0.15, 0.2) is 48.5 Å². The Morgan fingerprint density at radius 2 is 1.73 bits per heavy atom. The summed E-state index contributed by atoms with van der Waals surface area (Å²) in [6, 6.07) is 12.8. The summed E-state index contributed by atoms with van der Waals surface area (Å²) in [5, 5.41) is 3.02. The number of nitrogens with one attached hydrogen (secondary N) is 1. The van der Waals surface area contributed by atoms with E-state index in [9.17, 15) is 18.0 Å². The standard InChI is InChI=1S/C23H30ClN3O5S/c1-5-19(23(29)25-3)26(15-17-11-7-8-12-18(17)24)22(28)16-27(33(4,30)31)20-13-9-10-14-21(20)32-6-2/h7-14,19H,5-6,15-16H2,1-4H3,(H,25,29)/t19-/m0/s1. The number of likely N-dealkylation sites (N-methyl/N-ethyl adjacent to an activating group) is 1. The highest BCUT2D eigenvalue weighted by atomic mass is 35.5. The Morgan fingerprint density at radius 1 is 1.09 bits per heavy atom. The smallest absolute Gasteiger partial charge is 0.244 e. The second-order valence-corrected chi connectivity index (χ2v) is 9.64. The van der Waals surface area contributed by atoms with Gasteiger partial charge in [0.05, 0.1) is 18.6 Å². The highest BCUT2D eigenvalue weighted by Crippen LogP contribution is 2.30. The van der Waals surface area contributed by atoms with E-state index in [-0.39, 0.29) is 18.1 Å². The zero-order chi connectivity index (χ0) is 24.6. The maximum absolute atomic E-state index is 13.5. The number of carbonyl (C=O) groups is 2. The van der Waals surface area contributed by atoms with E-state index in [4.69, 9.17) is 16.3 Å². The van der Waals surface area contributed by atoms with Crippen LogP contribution in [0.1, 0.15) is 25.8 Å². The van der Waals surface area contributed by atoms with Crippen LogP contribution in [0.5, 0.6) is 5.75 Å². The molecule has 10 heteroatoms. The number of hydrogen-bond acceptors (Lipinski definition) is 5. The van der Waals surface area contributed by atoms with Crippen LogP contribution in [-0.2, 0) is 26.2 Å². The van der Waals surface area contributed by atoms with Crippen LogP contribution in [0.25, 0.3) is 0 Å². The van der Waals surface area contributed by atoms with Gasteiger partial charge in [-0.05, 0) is 37.1 Å². The summed E-state index contributed by atoms with van der Waals surface area (Å²) in [6.07, 6.45) is 1.36. The van der Waals surface area contributed by atoms with Crippen LogP contribution < -0.4 is 14.4 Å². The first-order chi connectivity index (χ1) is 15.6. The summed E-state index contributed by atoms with van der Waals surface area (Å²) in [7, 11) is -2.36. The molecule has 0 aromatic heterocycles. The summed E-state index contributed by atoms with van der Waals surface area (Å²) >= 11 is 6.30. The summed E-state index contributed by atoms with van der Waals surface area (Å²) in [4.78, 5) is 27.5. The molecule has 0 saturated carbocycles. The highest BCUT2D eigenvalue weighted by Gasteiger charge is 2.32. The average Bonchev–Trinajstić information content (AvgIpc) is 2.78. The maximum atomic E-state index is 13.5. The monoisotopic (exact) mass is 495 g/mol. The second kappa shape index (κ2) is 11.9. The Labute approximate surface area is 200 Å². The molecule has 1 N–H and O–H groups in total. The largest absolute Gasteiger partial charge is 0.492 e. The third-order valence-corrected chi connectivity index (χ3v) is 6.54. The molecule has 1 atom stereocenters. The fourth-order valence-corrected chi connectivity index (χ4v) is 4.48. The molecule has 33 heavy (non-hydrogen) atoms. The molecular weight excluding hydrogens is 466 g/mol. The van der Waals surface area contributed by atoms with Crippen molar-refractivity contribution >= 4 is 39.1 Å². The summed E-state index contributed by atoms with van der Waals surface area (Å²) in [5.74, 6) is -0.546. The molecule has 0 aliphatic heterocycles. The summed E-state index contributed by atoms with van der Waals surface area (Å²) in [5.41, 5.74) is 0.899. The predicted octanol–water partition coefficient (Wildman–Crippen LogP) is 3.06. The molecule has 2 aromatic carbocycles. The topological polar surface area (TPSA) is 96.0 Å². The number of nitrogens with zero attached hydrogens (tertiary/aromatic N) is 2. The van der Waals surface area contributed by atoms with Crippen LogP contribution in [0.4, 0.5) is 5.69 Å². The van der Waals surface area contributed by atoms with Crippen LogP contribution in [-0.4, -0.2) is 57.6 Å². The second-order valence-electron chi connectivity index (χ2n) is 7.32. The lowest BCUT2D eigenvalue weighted by Gasteiger charge is -2.33. The summed E-state index contributed by atoms with van der Waals surface area (Å²) in [6.45, 7) is 3.45. The van der Waals surface area contributed by atoms with Crippen LogP contribution in [0.3, 0.4) is 0 Å². The van der Waals surface area contributed by atoms with E-state index >= 15 is 0 Å². The van der Waals surface area contributed by atoms with Gasteiger partial charge in [0, 0.05) is 18.6 Å². The van der Waals surface area contributed by atoms with Crippen molar-refractivity contribution in [3.63, 3.8) is 0 Å². The van der Waals surface area contributed by atoms with Gasteiger partial charge in [-0.25, -0.2) is 8.42 Å². The van der Waals surface area contributed by atoms with Gasteiger partial charge in [-0.2, -0.15) is 0 Å². The van der Waals surface area contributed by atoms with Crippen molar-refractivity contribution in [2.45, 2.75) is 32.9 Å². The molecule has 0 radical (unpaired) electrons. The summed E-state index contributed by atoms with van der Waals surface area (Å²) < 4.78 is 31.9. The van der Waals surface area contributed by atoms with E-state index in [0.717, 1.165) is 10.6 Å². The minimum absolute atomic E-state index is 0.0507. The third-order valence-electron chi connectivity index (χ3n) is 5.04. The van der Waals surface area contributed by atoms with Crippen molar-refractivity contribution in [2.75, 3.05) is 30.8 Å². The molecule has 0 saturated heterocycles. The number of ether oxygens (including phenoxy) is 1. The van der Waals surface area contributed by atoms with Gasteiger partial charge in [0.1, 0.15) is 18.3 Å². The van der Waals surface area contributed by atoms with E-state index < -0.39 is 28.5 Å². The Morgan fingerprint density at radius 3 is 2.30 bits per heavy atom. The number of rotatable bonds is 11. The van der Waals surface area contributed by atoms with E-state index in [2.05, 4.69) is 5.32 Å². The minimum atomic E-state index is -3.85. The highest BCUT2D eigenvalue weighted by molar-refractivity contribution is 7.92. The third kappa shape index (κ3) is 6.85. The van der Waals surface area contributed by atoms with Gasteiger partial charge < -0.3 is 15.0 Å². The lowest BCUT2D eigenvalue weighted by atomic mass is 10.1. The van der Waals surface area contributed by atoms with E-state index in [1.807, 2.05) is 0 Å². The van der Waals surface area contributed by atoms with Gasteiger partial charge in [-0.1, -0.05) is 48.9 Å². The Balaban J connectivity index is 2.49. The number of para-hydroxylation sites is 2. The fraction of sp³-hybridized carbons (Fsp3) is 0.391. The van der Waals surface area contributed by atoms with Gasteiger partial charge in [0.15, 0.2) is 0 Å². The van der Waals surface area contributed by atoms with E-state index in [1.165, 1.54) is 11.9 Å². The molecule has 8 nitrogen and oxygen atoms in total. The number of carbonyl (C=O) groups excluding carboxylic acids is 2. The van der Waals surface area contributed by atoms with Gasteiger partial charge >= 0.3 is 0 Å². The normalized spacial score (nSPS) is 12.0. The SMILES string of the molecule is CCOc1ccccc1N(CC(=O)N(Cc1ccccc1Cl)[C@@H](CC)C(=O)NC)S(C)(=O)=O. The van der Waals surface area contributed by atoms with Crippen molar-refractivity contribution in [2.24, 2.45) is 0 Å². The Kier molecular flexibility index (Phi) is 9.55. The van der Waals surface area contributed by atoms with Crippen LogP contribution >= 0.6 is 11.6 Å². The molecule has 0 fully saturated rings. The minimum Gasteiger partial charge on any atom is -0.492 e. The maximum Gasteiger partial charge on any atom is 0.244 e. The number of anilines is 1. The van der Waals surface area contributed by atoms with Crippen LogP contribution in [0.2, 0.25) is 5.02 Å². The number of amides is 2. The molecule has 0 aliphatic carbocycles. The Hall–Kier alpha value is -2.78. The van der Waals surface area contributed by atoms with E-state index in [0.29, 0.717) is 29.4 Å². The van der Waals surface area contributed by atoms with Crippen LogP contribution in [0, 0.1) is 0 Å². The van der Waals surface area contributed by atoms with Gasteiger partial charge in [-0.3, -0.25) is 13.9 Å². The molecule has 0 spiro atoms. The zero-order valence-electron chi connectivity index (χ0n) is 19.2. The predicted molar refractivity (Wildman–Crippen MR) is 130 cm³/mol. The zero-order valence-corrected chi connectivity index (χ0v) is 20.8. The lowest BCUT2D eigenvalue weighted by molar-refractivity contribution is -0.140. The van der Waals surface area contributed by atoms with Crippen molar-refractivity contribution in [3.8, 4) is 5.75 Å². The van der Waals surface area contributed by atoms with E-state index in [1.54, 1.807) is 62.4 Å². The van der Waals surface area contributed by atoms with Crippen molar-refractivity contribution in [1.29, 1.82) is 0 Å².